The molecule has 1 N–H and O–H groups in total. The molecular weight excluding hydrogens is 247 g/mol. The third-order valence-corrected chi connectivity index (χ3v) is 2.63. The van der Waals surface area contributed by atoms with Crippen molar-refractivity contribution in [1.82, 2.24) is 0 Å². The van der Waals surface area contributed by atoms with Crippen molar-refractivity contribution in [2.45, 2.75) is 4.58 Å². The van der Waals surface area contributed by atoms with Crippen molar-refractivity contribution < 1.29 is 14.3 Å². The number of hydrogen-bond donors (Lipinski definition) is 1. The fourth-order valence-electron chi connectivity index (χ4n) is 0.0572. The van der Waals surface area contributed by atoms with Gasteiger partial charge in [-0.1, -0.05) is 15.9 Å². The van der Waals surface area contributed by atoms with Gasteiger partial charge in [0.1, 0.15) is 0 Å². The number of halogens is 3. The quantitative estimate of drug-likeness (QED) is 0.754. The van der Waals surface area contributed by atoms with Gasteiger partial charge >= 0.3 is 5.97 Å². The maximum absolute atomic E-state index is 12.2. The van der Waals surface area contributed by atoms with E-state index in [1.165, 1.54) is 0 Å². The molecule has 0 spiro atoms. The van der Waals surface area contributed by atoms with E-state index >= 15 is 0 Å². The largest absolute Gasteiger partial charge is 0.478 e. The van der Waals surface area contributed by atoms with E-state index in [0.717, 1.165) is 0 Å². The molecule has 0 saturated heterocycles. The summed E-state index contributed by atoms with van der Waals surface area (Å²) in [5, 5.41) is 7.73. The molecule has 0 bridgehead atoms. The van der Waals surface area contributed by atoms with Crippen molar-refractivity contribution in [1.29, 1.82) is 0 Å². The van der Waals surface area contributed by atoms with E-state index in [-0.39, 0.29) is 5.33 Å². The molecular formula is C3H3Br2FO2. The zero-order chi connectivity index (χ0) is 6.78. The second-order valence-electron chi connectivity index (χ2n) is 1.14. The van der Waals surface area contributed by atoms with Crippen LogP contribution in [0.25, 0.3) is 0 Å². The first-order valence-electron chi connectivity index (χ1n) is 1.68. The van der Waals surface area contributed by atoms with Gasteiger partial charge in [0.2, 0.25) is 0 Å². The molecule has 0 fully saturated rings. The fraction of sp³-hybridized carbons (Fsp3) is 0.667. The molecule has 1 unspecified atom stereocenters. The van der Waals surface area contributed by atoms with Crippen molar-refractivity contribution in [3.05, 3.63) is 0 Å². The first kappa shape index (κ1) is 8.36. The summed E-state index contributed by atoms with van der Waals surface area (Å²) in [4.78, 5) is 9.80. The standard InChI is InChI=1S/C3H3Br2FO2/c4-1-3(5,6)2(7)8/h1H2,(H,7,8). The van der Waals surface area contributed by atoms with Crippen LogP contribution in [0.2, 0.25) is 0 Å². The van der Waals surface area contributed by atoms with E-state index < -0.39 is 10.5 Å². The summed E-state index contributed by atoms with van der Waals surface area (Å²) >= 11 is 5.00. The number of rotatable bonds is 2. The van der Waals surface area contributed by atoms with Gasteiger partial charge in [-0.2, -0.15) is 0 Å². The second kappa shape index (κ2) is 2.77. The van der Waals surface area contributed by atoms with Crippen LogP contribution in [-0.4, -0.2) is 21.0 Å². The summed E-state index contributed by atoms with van der Waals surface area (Å²) in [6.45, 7) is 0. The van der Waals surface area contributed by atoms with Crippen LogP contribution in [0.3, 0.4) is 0 Å². The van der Waals surface area contributed by atoms with Crippen molar-refractivity contribution in [2.24, 2.45) is 0 Å². The number of carboxylic acids is 1. The maximum atomic E-state index is 12.2. The van der Waals surface area contributed by atoms with E-state index in [2.05, 4.69) is 31.9 Å². The van der Waals surface area contributed by atoms with Gasteiger partial charge in [-0.3, -0.25) is 0 Å². The smallest absolute Gasteiger partial charge is 0.353 e. The van der Waals surface area contributed by atoms with Crippen molar-refractivity contribution in [3.63, 3.8) is 0 Å². The Balaban J connectivity index is 3.91. The minimum Gasteiger partial charge on any atom is -0.478 e. The van der Waals surface area contributed by atoms with E-state index in [1.807, 2.05) is 0 Å². The number of alkyl halides is 3. The van der Waals surface area contributed by atoms with Gasteiger partial charge in [0, 0.05) is 0 Å². The van der Waals surface area contributed by atoms with Crippen molar-refractivity contribution in [3.8, 4) is 0 Å². The Bertz CT molecular complexity index is 103. The molecule has 0 aliphatic heterocycles. The Kier molecular flexibility index (Phi) is 2.90. The van der Waals surface area contributed by atoms with Crippen LogP contribution in [-0.2, 0) is 4.79 Å². The summed E-state index contributed by atoms with van der Waals surface area (Å²) in [6, 6.07) is 0. The Labute approximate surface area is 62.3 Å². The highest BCUT2D eigenvalue weighted by molar-refractivity contribution is 9.12. The van der Waals surface area contributed by atoms with Crippen LogP contribution in [0.4, 0.5) is 4.39 Å². The minimum absolute atomic E-state index is 0.255. The molecule has 0 radical (unpaired) electrons. The highest BCUT2D eigenvalue weighted by Gasteiger charge is 2.33. The lowest BCUT2D eigenvalue weighted by Crippen LogP contribution is -2.27. The molecule has 0 rings (SSSR count). The monoisotopic (exact) mass is 248 g/mol. The van der Waals surface area contributed by atoms with Crippen molar-refractivity contribution in [2.75, 3.05) is 5.33 Å². The van der Waals surface area contributed by atoms with E-state index in [9.17, 15) is 9.18 Å². The number of hydrogen-bond acceptors (Lipinski definition) is 1. The van der Waals surface area contributed by atoms with Gasteiger partial charge in [-0.05, 0) is 15.9 Å². The number of aliphatic carboxylic acids is 1. The lowest BCUT2D eigenvalue weighted by Gasteiger charge is -2.06. The van der Waals surface area contributed by atoms with Gasteiger partial charge in [0.25, 0.3) is 4.58 Å². The Morgan fingerprint density at radius 3 is 2.25 bits per heavy atom. The summed E-state index contributed by atoms with van der Waals surface area (Å²) in [5.41, 5.74) is 0. The van der Waals surface area contributed by atoms with Crippen LogP contribution < -0.4 is 0 Å². The lowest BCUT2D eigenvalue weighted by molar-refractivity contribution is -0.143. The molecule has 0 aliphatic carbocycles. The second-order valence-corrected chi connectivity index (χ2v) is 2.96. The van der Waals surface area contributed by atoms with Crippen LogP contribution in [0, 0.1) is 0 Å². The highest BCUT2D eigenvalue weighted by atomic mass is 79.9. The Morgan fingerprint density at radius 1 is 1.88 bits per heavy atom. The van der Waals surface area contributed by atoms with E-state index in [4.69, 9.17) is 5.11 Å². The minimum atomic E-state index is -2.31. The van der Waals surface area contributed by atoms with Crippen LogP contribution >= 0.6 is 31.9 Å². The highest BCUT2D eigenvalue weighted by Crippen LogP contribution is 2.22. The van der Waals surface area contributed by atoms with Gasteiger partial charge in [-0.25, -0.2) is 9.18 Å². The molecule has 1 atom stereocenters. The summed E-state index contributed by atoms with van der Waals surface area (Å²) in [7, 11) is 0. The average molecular weight is 250 g/mol. The van der Waals surface area contributed by atoms with E-state index in [1.54, 1.807) is 0 Å². The molecule has 48 valence electrons. The molecule has 2 nitrogen and oxygen atoms in total. The normalized spacial score (nSPS) is 17.4. The first-order valence-corrected chi connectivity index (χ1v) is 3.59. The molecule has 0 amide bonds. The van der Waals surface area contributed by atoms with Gasteiger partial charge in [-0.15, -0.1) is 0 Å². The van der Waals surface area contributed by atoms with E-state index in [0.29, 0.717) is 0 Å². The average Bonchev–Trinajstić information content (AvgIpc) is 1.67. The molecule has 0 aromatic heterocycles. The third kappa shape index (κ3) is 2.09. The van der Waals surface area contributed by atoms with Crippen LogP contribution in [0.5, 0.6) is 0 Å². The summed E-state index contributed by atoms with van der Waals surface area (Å²) < 4.78 is 9.90. The van der Waals surface area contributed by atoms with Crippen LogP contribution in [0.1, 0.15) is 0 Å². The predicted molar refractivity (Wildman–Crippen MR) is 34.2 cm³/mol. The topological polar surface area (TPSA) is 37.3 Å². The maximum Gasteiger partial charge on any atom is 0.353 e. The Hall–Kier alpha value is 0.360. The van der Waals surface area contributed by atoms with Crippen LogP contribution in [0.15, 0.2) is 0 Å². The Morgan fingerprint density at radius 2 is 2.25 bits per heavy atom. The third-order valence-electron chi connectivity index (χ3n) is 0.481. The molecule has 8 heavy (non-hydrogen) atoms. The summed E-state index contributed by atoms with van der Waals surface area (Å²) in [5.74, 6) is -1.52. The SMILES string of the molecule is O=C(O)C(F)(Br)CBr. The number of carboxylic acid groups (broad SMARTS) is 1. The summed E-state index contributed by atoms with van der Waals surface area (Å²) in [6.07, 6.45) is 0. The molecule has 0 saturated carbocycles. The molecule has 0 aliphatic rings. The zero-order valence-electron chi connectivity index (χ0n) is 3.70. The fourth-order valence-corrected chi connectivity index (χ4v) is 0.297. The molecule has 0 aromatic carbocycles. The molecule has 0 aromatic rings. The molecule has 0 heterocycles. The zero-order valence-corrected chi connectivity index (χ0v) is 6.87. The first-order chi connectivity index (χ1) is 3.50. The number of carbonyl (C=O) groups is 1. The van der Waals surface area contributed by atoms with Crippen molar-refractivity contribution >= 4 is 37.8 Å². The predicted octanol–water partition coefficient (Wildman–Crippen LogP) is 1.53. The van der Waals surface area contributed by atoms with Gasteiger partial charge in [0.15, 0.2) is 0 Å². The lowest BCUT2D eigenvalue weighted by atomic mass is 10.5. The van der Waals surface area contributed by atoms with Gasteiger partial charge in [0.05, 0.1) is 5.33 Å². The van der Waals surface area contributed by atoms with Gasteiger partial charge < -0.3 is 5.11 Å². The molecule has 5 heteroatoms.